The highest BCUT2D eigenvalue weighted by atomic mass is 32.2. The summed E-state index contributed by atoms with van der Waals surface area (Å²) in [7, 11) is -3.57. The van der Waals surface area contributed by atoms with Crippen molar-refractivity contribution in [1.82, 2.24) is 19.5 Å². The standard InChI is InChI=1S/C16H20N4O5S2/c1-3-19(4-2)27(23,24)11-5-6-13-12(9-11)18-16(25-13)26-8-7-20-14(21)10-17-15(20)22/h5-6,9H,3-4,7-8,10H2,1-2H3,(H,17,22). The van der Waals surface area contributed by atoms with Gasteiger partial charge in [-0.1, -0.05) is 25.6 Å². The largest absolute Gasteiger partial charge is 0.431 e. The molecule has 3 amide bonds. The first-order valence-electron chi connectivity index (χ1n) is 8.48. The molecule has 0 spiro atoms. The predicted molar refractivity (Wildman–Crippen MR) is 100.0 cm³/mol. The normalized spacial score (nSPS) is 15.1. The second kappa shape index (κ2) is 7.87. The number of nitrogens with one attached hydrogen (secondary N) is 1. The van der Waals surface area contributed by atoms with Crippen LogP contribution in [0.1, 0.15) is 13.8 Å². The fourth-order valence-electron chi connectivity index (χ4n) is 2.73. The first kappa shape index (κ1) is 19.6. The van der Waals surface area contributed by atoms with Crippen molar-refractivity contribution in [2.24, 2.45) is 0 Å². The van der Waals surface area contributed by atoms with E-state index < -0.39 is 16.1 Å². The van der Waals surface area contributed by atoms with Gasteiger partial charge in [-0.05, 0) is 18.2 Å². The van der Waals surface area contributed by atoms with Crippen LogP contribution >= 0.6 is 11.8 Å². The quantitative estimate of drug-likeness (QED) is 0.516. The van der Waals surface area contributed by atoms with Crippen LogP contribution < -0.4 is 5.32 Å². The van der Waals surface area contributed by atoms with Crippen molar-refractivity contribution in [3.8, 4) is 0 Å². The Balaban J connectivity index is 1.72. The van der Waals surface area contributed by atoms with Gasteiger partial charge in [0, 0.05) is 25.4 Å². The number of urea groups is 1. The van der Waals surface area contributed by atoms with Gasteiger partial charge in [0.05, 0.1) is 11.4 Å². The third-order valence-electron chi connectivity index (χ3n) is 4.16. The van der Waals surface area contributed by atoms with Crippen LogP contribution in [0.25, 0.3) is 11.1 Å². The number of carbonyl (C=O) groups excluding carboxylic acids is 2. The summed E-state index contributed by atoms with van der Waals surface area (Å²) in [4.78, 5) is 28.6. The number of carbonyl (C=O) groups is 2. The summed E-state index contributed by atoms with van der Waals surface area (Å²) in [6.07, 6.45) is 0. The van der Waals surface area contributed by atoms with E-state index in [9.17, 15) is 18.0 Å². The van der Waals surface area contributed by atoms with Crippen molar-refractivity contribution in [3.63, 3.8) is 0 Å². The van der Waals surface area contributed by atoms with Gasteiger partial charge in [0.25, 0.3) is 5.22 Å². The number of oxazole rings is 1. The maximum Gasteiger partial charge on any atom is 0.324 e. The monoisotopic (exact) mass is 412 g/mol. The molecule has 1 aliphatic heterocycles. The zero-order valence-electron chi connectivity index (χ0n) is 15.0. The highest BCUT2D eigenvalue weighted by molar-refractivity contribution is 7.99. The number of rotatable bonds is 8. The Morgan fingerprint density at radius 3 is 2.67 bits per heavy atom. The number of thioether (sulfide) groups is 1. The summed E-state index contributed by atoms with van der Waals surface area (Å²) in [5.74, 6) is 0.167. The molecule has 1 aliphatic rings. The first-order valence-corrected chi connectivity index (χ1v) is 10.9. The number of hydrogen-bond donors (Lipinski definition) is 1. The highest BCUT2D eigenvalue weighted by Gasteiger charge is 2.28. The SMILES string of the molecule is CCN(CC)S(=O)(=O)c1ccc2oc(SCCN3C(=O)CNC3=O)nc2c1. The molecule has 1 N–H and O–H groups in total. The van der Waals surface area contributed by atoms with Crippen LogP contribution in [0, 0.1) is 0 Å². The lowest BCUT2D eigenvalue weighted by Crippen LogP contribution is -2.32. The van der Waals surface area contributed by atoms with E-state index in [0.29, 0.717) is 35.2 Å². The molecule has 146 valence electrons. The van der Waals surface area contributed by atoms with Crippen LogP contribution in [0.2, 0.25) is 0 Å². The Morgan fingerprint density at radius 2 is 2.04 bits per heavy atom. The minimum absolute atomic E-state index is 0.0240. The Bertz CT molecular complexity index is 952. The number of hydrogen-bond acceptors (Lipinski definition) is 7. The molecular weight excluding hydrogens is 392 g/mol. The lowest BCUT2D eigenvalue weighted by Gasteiger charge is -2.18. The molecule has 0 bridgehead atoms. The van der Waals surface area contributed by atoms with Gasteiger partial charge in [-0.25, -0.2) is 18.2 Å². The summed E-state index contributed by atoms with van der Waals surface area (Å²) >= 11 is 1.25. The molecule has 0 radical (unpaired) electrons. The zero-order valence-corrected chi connectivity index (χ0v) is 16.6. The lowest BCUT2D eigenvalue weighted by molar-refractivity contribution is -0.124. The second-order valence-corrected chi connectivity index (χ2v) is 8.74. The number of nitrogens with zero attached hydrogens (tertiary/aromatic N) is 3. The smallest absolute Gasteiger partial charge is 0.324 e. The molecule has 3 rings (SSSR count). The number of benzene rings is 1. The van der Waals surface area contributed by atoms with Gasteiger partial charge in [0.1, 0.15) is 5.52 Å². The minimum Gasteiger partial charge on any atom is -0.431 e. The van der Waals surface area contributed by atoms with Crippen molar-refractivity contribution >= 4 is 44.8 Å². The summed E-state index contributed by atoms with van der Waals surface area (Å²) < 4.78 is 32.2. The summed E-state index contributed by atoms with van der Waals surface area (Å²) in [6, 6.07) is 4.18. The fourth-order valence-corrected chi connectivity index (χ4v) is 4.97. The molecule has 1 fully saturated rings. The maximum absolute atomic E-state index is 12.6. The third-order valence-corrected chi connectivity index (χ3v) is 7.01. The number of amides is 3. The summed E-state index contributed by atoms with van der Waals surface area (Å²) in [5, 5.41) is 2.81. The number of imide groups is 1. The van der Waals surface area contributed by atoms with Gasteiger partial charge in [-0.15, -0.1) is 0 Å². The van der Waals surface area contributed by atoms with Crippen molar-refractivity contribution in [2.75, 3.05) is 31.9 Å². The zero-order chi connectivity index (χ0) is 19.6. The Hall–Kier alpha value is -2.11. The molecular formula is C16H20N4O5S2. The molecule has 1 aromatic carbocycles. The van der Waals surface area contributed by atoms with Crippen molar-refractivity contribution in [1.29, 1.82) is 0 Å². The van der Waals surface area contributed by atoms with E-state index in [4.69, 9.17) is 4.42 Å². The van der Waals surface area contributed by atoms with E-state index >= 15 is 0 Å². The molecule has 1 aromatic heterocycles. The third kappa shape index (κ3) is 3.94. The van der Waals surface area contributed by atoms with Crippen molar-refractivity contribution in [2.45, 2.75) is 24.0 Å². The molecule has 0 aliphatic carbocycles. The highest BCUT2D eigenvalue weighted by Crippen LogP contribution is 2.26. The minimum atomic E-state index is -3.57. The fraction of sp³-hybridized carbons (Fsp3) is 0.438. The van der Waals surface area contributed by atoms with Gasteiger partial charge >= 0.3 is 6.03 Å². The van der Waals surface area contributed by atoms with Crippen LogP contribution in [0.4, 0.5) is 4.79 Å². The second-order valence-electron chi connectivity index (χ2n) is 5.75. The van der Waals surface area contributed by atoms with Crippen molar-refractivity contribution < 1.29 is 22.4 Å². The number of fused-ring (bicyclic) bond motifs is 1. The molecule has 27 heavy (non-hydrogen) atoms. The van der Waals surface area contributed by atoms with Gasteiger partial charge in [-0.3, -0.25) is 9.69 Å². The Labute approximate surface area is 161 Å². The van der Waals surface area contributed by atoms with Crippen LogP contribution in [-0.4, -0.2) is 66.5 Å². The van der Waals surface area contributed by atoms with Crippen LogP contribution in [0.15, 0.2) is 32.7 Å². The average molecular weight is 412 g/mol. The van der Waals surface area contributed by atoms with E-state index in [1.54, 1.807) is 19.9 Å². The molecule has 2 heterocycles. The van der Waals surface area contributed by atoms with Crippen LogP contribution in [0.3, 0.4) is 0 Å². The van der Waals surface area contributed by atoms with Gasteiger partial charge in [-0.2, -0.15) is 4.31 Å². The molecule has 0 atom stereocenters. The van der Waals surface area contributed by atoms with E-state index in [-0.39, 0.29) is 23.9 Å². The van der Waals surface area contributed by atoms with Crippen LogP contribution in [-0.2, 0) is 14.8 Å². The maximum atomic E-state index is 12.6. The van der Waals surface area contributed by atoms with E-state index in [1.165, 1.54) is 28.2 Å². The molecule has 2 aromatic rings. The Kier molecular flexibility index (Phi) is 5.72. The van der Waals surface area contributed by atoms with Gasteiger partial charge in [0.15, 0.2) is 5.58 Å². The average Bonchev–Trinajstić information content (AvgIpc) is 3.19. The summed E-state index contributed by atoms with van der Waals surface area (Å²) in [5.41, 5.74) is 0.923. The number of aromatic nitrogens is 1. The van der Waals surface area contributed by atoms with Crippen molar-refractivity contribution in [3.05, 3.63) is 18.2 Å². The van der Waals surface area contributed by atoms with E-state index in [2.05, 4.69) is 10.3 Å². The van der Waals surface area contributed by atoms with Gasteiger partial charge < -0.3 is 9.73 Å². The van der Waals surface area contributed by atoms with E-state index in [0.717, 1.165) is 4.90 Å². The molecule has 1 saturated heterocycles. The van der Waals surface area contributed by atoms with Gasteiger partial charge in [0.2, 0.25) is 15.9 Å². The molecule has 0 saturated carbocycles. The lowest BCUT2D eigenvalue weighted by atomic mass is 10.3. The van der Waals surface area contributed by atoms with E-state index in [1.807, 2.05) is 0 Å². The topological polar surface area (TPSA) is 113 Å². The Morgan fingerprint density at radius 1 is 1.30 bits per heavy atom. The van der Waals surface area contributed by atoms with Crippen LogP contribution in [0.5, 0.6) is 0 Å². The predicted octanol–water partition coefficient (Wildman–Crippen LogP) is 1.50. The molecule has 0 unspecified atom stereocenters. The number of sulfonamides is 1. The summed E-state index contributed by atoms with van der Waals surface area (Å²) in [6.45, 7) is 4.62. The molecule has 11 heteroatoms. The first-order chi connectivity index (χ1) is 12.9. The molecule has 9 nitrogen and oxygen atoms in total.